The molecule has 5 atom stereocenters. The fourth-order valence-corrected chi connectivity index (χ4v) is 6.08. The Balaban J connectivity index is 1.55. The van der Waals surface area contributed by atoms with Gasteiger partial charge in [0.15, 0.2) is 0 Å². The van der Waals surface area contributed by atoms with Gasteiger partial charge in [0.2, 0.25) is 0 Å². The summed E-state index contributed by atoms with van der Waals surface area (Å²) in [6.07, 6.45) is 2.11. The van der Waals surface area contributed by atoms with Gasteiger partial charge in [-0.15, -0.1) is 0 Å². The molecule has 0 radical (unpaired) electrons. The summed E-state index contributed by atoms with van der Waals surface area (Å²) >= 11 is 0. The van der Waals surface area contributed by atoms with E-state index in [1.165, 1.54) is 11.8 Å². The minimum absolute atomic E-state index is 0.149. The maximum Gasteiger partial charge on any atom is 0.433 e. The van der Waals surface area contributed by atoms with E-state index in [-0.39, 0.29) is 23.4 Å². The van der Waals surface area contributed by atoms with Crippen molar-refractivity contribution in [1.29, 1.82) is 0 Å². The Kier molecular flexibility index (Phi) is 2.91. The number of aromatic amines is 2. The summed E-state index contributed by atoms with van der Waals surface area (Å²) in [7, 11) is 0. The van der Waals surface area contributed by atoms with Crippen LogP contribution in [-0.4, -0.2) is 20.4 Å². The average molecular weight is 373 g/mol. The van der Waals surface area contributed by atoms with Crippen molar-refractivity contribution < 1.29 is 13.2 Å². The van der Waals surface area contributed by atoms with Gasteiger partial charge in [-0.3, -0.25) is 10.2 Å². The van der Waals surface area contributed by atoms with E-state index in [1.807, 2.05) is 18.3 Å². The van der Waals surface area contributed by atoms with Crippen molar-refractivity contribution in [3.8, 4) is 0 Å². The van der Waals surface area contributed by atoms with Crippen LogP contribution in [0.25, 0.3) is 10.9 Å². The molecule has 2 aromatic heterocycles. The molecule has 3 aliphatic rings. The molecule has 2 saturated carbocycles. The first kappa shape index (κ1) is 15.5. The van der Waals surface area contributed by atoms with Crippen LogP contribution in [0.3, 0.4) is 0 Å². The van der Waals surface area contributed by atoms with Gasteiger partial charge >= 0.3 is 6.18 Å². The number of hydrogen-bond acceptors (Lipinski definition) is 3. The Hall–Kier alpha value is -2.51. The molecule has 2 bridgehead atoms. The predicted molar refractivity (Wildman–Crippen MR) is 93.1 cm³/mol. The highest BCUT2D eigenvalue weighted by atomic mass is 19.4. The fourth-order valence-electron chi connectivity index (χ4n) is 6.08. The smallest absolute Gasteiger partial charge is 0.378 e. The number of anilines is 1. The van der Waals surface area contributed by atoms with E-state index in [1.54, 1.807) is 0 Å². The summed E-state index contributed by atoms with van der Waals surface area (Å²) in [5, 5.41) is 17.7. The van der Waals surface area contributed by atoms with Gasteiger partial charge in [-0.05, 0) is 60.6 Å². The van der Waals surface area contributed by atoms with E-state index in [4.69, 9.17) is 0 Å². The van der Waals surface area contributed by atoms with E-state index in [0.717, 1.165) is 35.9 Å². The Morgan fingerprint density at radius 1 is 1.00 bits per heavy atom. The molecule has 6 rings (SSSR count). The van der Waals surface area contributed by atoms with E-state index in [0.29, 0.717) is 11.8 Å². The van der Waals surface area contributed by atoms with Gasteiger partial charge in [0.25, 0.3) is 0 Å². The third kappa shape index (κ3) is 2.01. The fraction of sp³-hybridized carbons (Fsp3) is 0.474. The van der Waals surface area contributed by atoms with Crippen LogP contribution in [0.5, 0.6) is 0 Å². The van der Waals surface area contributed by atoms with Gasteiger partial charge in [0, 0.05) is 16.6 Å². The highest BCUT2D eigenvalue weighted by Crippen LogP contribution is 2.64. The molecule has 0 spiro atoms. The molecule has 3 aromatic rings. The van der Waals surface area contributed by atoms with E-state index in [2.05, 4.69) is 25.7 Å². The van der Waals surface area contributed by atoms with Gasteiger partial charge in [-0.2, -0.15) is 23.4 Å². The summed E-state index contributed by atoms with van der Waals surface area (Å²) in [4.78, 5) is 0. The molecular formula is C19H18F3N5. The molecule has 0 unspecified atom stereocenters. The van der Waals surface area contributed by atoms with Gasteiger partial charge < -0.3 is 5.32 Å². The zero-order valence-corrected chi connectivity index (χ0v) is 14.3. The number of halogens is 3. The average Bonchev–Trinajstić information content (AvgIpc) is 3.43. The molecule has 3 heterocycles. The largest absolute Gasteiger partial charge is 0.433 e. The number of hydrogen-bond donors (Lipinski definition) is 3. The van der Waals surface area contributed by atoms with Gasteiger partial charge in [-0.25, -0.2) is 0 Å². The maximum absolute atomic E-state index is 13.5. The lowest BCUT2D eigenvalue weighted by molar-refractivity contribution is -0.142. The van der Waals surface area contributed by atoms with Crippen LogP contribution in [0.4, 0.5) is 18.9 Å². The summed E-state index contributed by atoms with van der Waals surface area (Å²) in [5.41, 5.74) is 2.65. The van der Waals surface area contributed by atoms with Gasteiger partial charge in [0.05, 0.1) is 24.0 Å². The van der Waals surface area contributed by atoms with Crippen molar-refractivity contribution in [2.45, 2.75) is 37.4 Å². The maximum atomic E-state index is 13.5. The quantitative estimate of drug-likeness (QED) is 0.584. The highest BCUT2D eigenvalue weighted by molar-refractivity contribution is 5.88. The zero-order chi connectivity index (χ0) is 18.3. The molecule has 5 nitrogen and oxygen atoms in total. The van der Waals surface area contributed by atoms with Crippen molar-refractivity contribution in [2.75, 3.05) is 5.32 Å². The second kappa shape index (κ2) is 5.05. The van der Waals surface area contributed by atoms with Crippen LogP contribution in [0.2, 0.25) is 0 Å². The molecule has 140 valence electrons. The zero-order valence-electron chi connectivity index (χ0n) is 14.3. The van der Waals surface area contributed by atoms with Crippen LogP contribution < -0.4 is 5.32 Å². The van der Waals surface area contributed by atoms with Crippen molar-refractivity contribution in [3.63, 3.8) is 0 Å². The number of alkyl halides is 3. The molecule has 27 heavy (non-hydrogen) atoms. The Labute approximate surface area is 152 Å². The van der Waals surface area contributed by atoms with Crippen LogP contribution in [0, 0.1) is 17.8 Å². The number of H-pyrrole nitrogens is 2. The standard InChI is InChI=1S/C19H18F3N5/c20-19(21,22)18-11(7-24-27-18)17-15-9-2-1-8(5-9)14(15)16-10-6-23-26-12(10)3-4-13(16)25-17/h3-4,6-9,14-15,17,25H,1-2,5H2,(H,23,26)(H,24,27)/t8-,9+,14+,15-,17+/m1/s1. The molecule has 1 aromatic carbocycles. The van der Waals surface area contributed by atoms with Crippen molar-refractivity contribution in [2.24, 2.45) is 17.8 Å². The number of rotatable bonds is 1. The third-order valence-corrected chi connectivity index (χ3v) is 6.96. The Morgan fingerprint density at radius 2 is 1.81 bits per heavy atom. The number of nitrogens with zero attached hydrogens (tertiary/aromatic N) is 2. The van der Waals surface area contributed by atoms with Gasteiger partial charge in [-0.1, -0.05) is 0 Å². The lowest BCUT2D eigenvalue weighted by atomic mass is 9.67. The molecule has 0 amide bonds. The van der Waals surface area contributed by atoms with Crippen LogP contribution in [0.15, 0.2) is 24.5 Å². The Bertz CT molecular complexity index is 1040. The first-order valence-electron chi connectivity index (χ1n) is 9.35. The summed E-state index contributed by atoms with van der Waals surface area (Å²) in [6.45, 7) is 0. The number of aromatic nitrogens is 4. The van der Waals surface area contributed by atoms with Crippen LogP contribution in [-0.2, 0) is 6.18 Å². The molecular weight excluding hydrogens is 355 g/mol. The summed E-state index contributed by atoms with van der Waals surface area (Å²) < 4.78 is 40.6. The second-order valence-electron chi connectivity index (χ2n) is 8.11. The van der Waals surface area contributed by atoms with E-state index >= 15 is 0 Å². The number of fused-ring (bicyclic) bond motifs is 9. The topological polar surface area (TPSA) is 69.4 Å². The highest BCUT2D eigenvalue weighted by Gasteiger charge is 2.55. The minimum atomic E-state index is -4.44. The first-order valence-corrected chi connectivity index (χ1v) is 9.35. The SMILES string of the molecule is FC(F)(F)c1[nH]ncc1[C@@H]1Nc2ccc3[nH]ncc3c2[C@H]2[C@@H]3CC[C@@H](C3)[C@H]21. The molecule has 1 aliphatic heterocycles. The molecule has 8 heteroatoms. The summed E-state index contributed by atoms with van der Waals surface area (Å²) in [6, 6.07) is 3.54. The minimum Gasteiger partial charge on any atom is -0.378 e. The lowest BCUT2D eigenvalue weighted by Crippen LogP contribution is -2.36. The predicted octanol–water partition coefficient (Wildman–Crippen LogP) is 4.60. The van der Waals surface area contributed by atoms with Crippen molar-refractivity contribution in [3.05, 3.63) is 41.3 Å². The molecule has 2 aliphatic carbocycles. The van der Waals surface area contributed by atoms with Crippen LogP contribution >= 0.6 is 0 Å². The molecule has 0 saturated heterocycles. The van der Waals surface area contributed by atoms with Crippen molar-refractivity contribution in [1.82, 2.24) is 20.4 Å². The van der Waals surface area contributed by atoms with E-state index in [9.17, 15) is 13.2 Å². The Morgan fingerprint density at radius 3 is 2.67 bits per heavy atom. The molecule has 3 N–H and O–H groups in total. The monoisotopic (exact) mass is 373 g/mol. The lowest BCUT2D eigenvalue weighted by Gasteiger charge is -2.43. The number of benzene rings is 1. The van der Waals surface area contributed by atoms with Gasteiger partial charge in [0.1, 0.15) is 5.69 Å². The van der Waals surface area contributed by atoms with Crippen molar-refractivity contribution >= 4 is 16.6 Å². The van der Waals surface area contributed by atoms with Crippen LogP contribution in [0.1, 0.15) is 48.0 Å². The normalized spacial score (nSPS) is 31.7. The first-order chi connectivity index (χ1) is 13.0. The molecule has 2 fully saturated rings. The van der Waals surface area contributed by atoms with E-state index < -0.39 is 11.9 Å². The second-order valence-corrected chi connectivity index (χ2v) is 8.11. The summed E-state index contributed by atoms with van der Waals surface area (Å²) in [5.74, 6) is 1.40. The third-order valence-electron chi connectivity index (χ3n) is 6.96. The number of nitrogens with one attached hydrogen (secondary N) is 3.